The van der Waals surface area contributed by atoms with E-state index in [-0.39, 0.29) is 5.75 Å². The Labute approximate surface area is 80.1 Å². The largest absolute Gasteiger partial charge is 0.504 e. The molecule has 0 aliphatic rings. The summed E-state index contributed by atoms with van der Waals surface area (Å²) in [5.41, 5.74) is 7.67. The number of benzene rings is 1. The molecule has 0 aliphatic heterocycles. The number of phenols is 1. The number of nitrogen functional groups attached to an aromatic ring is 1. The van der Waals surface area contributed by atoms with Gasteiger partial charge in [0.1, 0.15) is 0 Å². The average Bonchev–Trinajstić information content (AvgIpc) is 2.42. The molecule has 0 saturated heterocycles. The van der Waals surface area contributed by atoms with Gasteiger partial charge in [0.25, 0.3) is 0 Å². The van der Waals surface area contributed by atoms with Crippen LogP contribution in [0.5, 0.6) is 5.75 Å². The number of halogens is 1. The van der Waals surface area contributed by atoms with Crippen molar-refractivity contribution >= 4 is 28.2 Å². The molecule has 4 N–H and O–H groups in total. The number of aryl methyl sites for hydroxylation is 1. The number of nitrogens with two attached hydrogens (primary N) is 1. The van der Waals surface area contributed by atoms with Crippen molar-refractivity contribution in [3.8, 4) is 5.75 Å². The molecule has 0 atom stereocenters. The van der Waals surface area contributed by atoms with Gasteiger partial charge in [-0.05, 0) is 19.1 Å². The Bertz CT molecular complexity index is 476. The predicted molar refractivity (Wildman–Crippen MR) is 54.1 cm³/mol. The number of hydrogen-bond donors (Lipinski definition) is 3. The molecule has 1 heterocycles. The molecule has 2 aromatic rings. The van der Waals surface area contributed by atoms with E-state index in [0.717, 1.165) is 16.6 Å². The average molecular weight is 197 g/mol. The molecule has 0 amide bonds. The fraction of sp³-hybridized carbons (Fsp3) is 0.111. The number of aromatic nitrogens is 1. The quantitative estimate of drug-likeness (QED) is 0.448. The number of nitrogens with one attached hydrogen (secondary N) is 1. The molecule has 4 heteroatoms. The summed E-state index contributed by atoms with van der Waals surface area (Å²) in [6, 6.07) is 3.54. The molecule has 0 radical (unpaired) electrons. The number of anilines is 1. The first kappa shape index (κ1) is 8.26. The van der Waals surface area contributed by atoms with Crippen LogP contribution in [0.25, 0.3) is 10.9 Å². The first-order valence-electron chi connectivity index (χ1n) is 3.86. The van der Waals surface area contributed by atoms with Crippen molar-refractivity contribution in [1.82, 2.24) is 4.98 Å². The van der Waals surface area contributed by atoms with Gasteiger partial charge in [-0.1, -0.05) is 11.6 Å². The molecular weight excluding hydrogens is 188 g/mol. The van der Waals surface area contributed by atoms with Crippen molar-refractivity contribution in [3.63, 3.8) is 0 Å². The number of fused-ring (bicyclic) bond motifs is 1. The number of aromatic hydroxyl groups is 1. The number of aromatic amines is 1. The van der Waals surface area contributed by atoms with Crippen LogP contribution in [0.3, 0.4) is 0 Å². The SMILES string of the molecule is Cc1cc2c(Cl)c(O)c(N)cc2[nH]1. The third-order valence-corrected chi connectivity index (χ3v) is 2.38. The van der Waals surface area contributed by atoms with Crippen LogP contribution < -0.4 is 5.73 Å². The van der Waals surface area contributed by atoms with Gasteiger partial charge >= 0.3 is 0 Å². The predicted octanol–water partition coefficient (Wildman–Crippen LogP) is 2.42. The van der Waals surface area contributed by atoms with Gasteiger partial charge in [-0.2, -0.15) is 0 Å². The smallest absolute Gasteiger partial charge is 0.157 e. The highest BCUT2D eigenvalue weighted by Crippen LogP contribution is 2.37. The second kappa shape index (κ2) is 2.57. The lowest BCUT2D eigenvalue weighted by Gasteiger charge is -2.01. The summed E-state index contributed by atoms with van der Waals surface area (Å²) >= 11 is 5.89. The summed E-state index contributed by atoms with van der Waals surface area (Å²) in [6.07, 6.45) is 0. The zero-order chi connectivity index (χ0) is 9.59. The molecule has 2 rings (SSSR count). The number of rotatable bonds is 0. The minimum atomic E-state index is -0.0480. The molecule has 0 spiro atoms. The lowest BCUT2D eigenvalue weighted by molar-refractivity contribution is 0.479. The minimum absolute atomic E-state index is 0.0480. The molecule has 13 heavy (non-hydrogen) atoms. The molecular formula is C9H9ClN2O. The monoisotopic (exact) mass is 196 g/mol. The number of hydrogen-bond acceptors (Lipinski definition) is 2. The van der Waals surface area contributed by atoms with E-state index in [2.05, 4.69) is 4.98 Å². The third-order valence-electron chi connectivity index (χ3n) is 2.00. The maximum absolute atomic E-state index is 9.44. The van der Waals surface area contributed by atoms with Gasteiger partial charge in [-0.15, -0.1) is 0 Å². The summed E-state index contributed by atoms with van der Waals surface area (Å²) in [5, 5.41) is 10.5. The van der Waals surface area contributed by atoms with Gasteiger partial charge in [0, 0.05) is 16.6 Å². The highest BCUT2D eigenvalue weighted by Gasteiger charge is 2.09. The first-order valence-corrected chi connectivity index (χ1v) is 4.23. The molecule has 3 nitrogen and oxygen atoms in total. The summed E-state index contributed by atoms with van der Waals surface area (Å²) in [5.74, 6) is -0.0480. The van der Waals surface area contributed by atoms with E-state index in [1.165, 1.54) is 0 Å². The zero-order valence-corrected chi connectivity index (χ0v) is 7.81. The van der Waals surface area contributed by atoms with Gasteiger partial charge in [0.15, 0.2) is 5.75 Å². The Morgan fingerprint density at radius 3 is 2.85 bits per heavy atom. The number of H-pyrrole nitrogens is 1. The first-order chi connectivity index (χ1) is 6.09. The zero-order valence-electron chi connectivity index (χ0n) is 7.06. The van der Waals surface area contributed by atoms with Crippen LogP contribution in [0, 0.1) is 6.92 Å². The van der Waals surface area contributed by atoms with Crippen LogP contribution in [0.15, 0.2) is 12.1 Å². The molecule has 1 aromatic carbocycles. The molecule has 1 aromatic heterocycles. The van der Waals surface area contributed by atoms with E-state index in [9.17, 15) is 5.11 Å². The molecule has 0 aliphatic carbocycles. The van der Waals surface area contributed by atoms with Gasteiger partial charge in [-0.3, -0.25) is 0 Å². The van der Waals surface area contributed by atoms with Crippen molar-refractivity contribution in [3.05, 3.63) is 22.8 Å². The summed E-state index contributed by atoms with van der Waals surface area (Å²) in [6.45, 7) is 1.92. The van der Waals surface area contributed by atoms with Crippen LogP contribution in [0.4, 0.5) is 5.69 Å². The third kappa shape index (κ3) is 1.12. The molecule has 0 bridgehead atoms. The van der Waals surface area contributed by atoms with Crippen LogP contribution >= 0.6 is 11.6 Å². The van der Waals surface area contributed by atoms with E-state index in [1.54, 1.807) is 6.07 Å². The van der Waals surface area contributed by atoms with E-state index in [4.69, 9.17) is 17.3 Å². The van der Waals surface area contributed by atoms with Crippen molar-refractivity contribution in [2.75, 3.05) is 5.73 Å². The van der Waals surface area contributed by atoms with Gasteiger partial charge < -0.3 is 15.8 Å². The molecule has 0 fully saturated rings. The maximum atomic E-state index is 9.44. The van der Waals surface area contributed by atoms with E-state index in [1.807, 2.05) is 13.0 Å². The lowest BCUT2D eigenvalue weighted by atomic mass is 10.2. The highest BCUT2D eigenvalue weighted by atomic mass is 35.5. The molecule has 68 valence electrons. The fourth-order valence-electron chi connectivity index (χ4n) is 1.38. The van der Waals surface area contributed by atoms with Crippen LogP contribution in [0.1, 0.15) is 5.69 Å². The lowest BCUT2D eigenvalue weighted by Crippen LogP contribution is -1.86. The van der Waals surface area contributed by atoms with E-state index < -0.39 is 0 Å². The fourth-order valence-corrected chi connectivity index (χ4v) is 1.65. The Hall–Kier alpha value is -1.35. The van der Waals surface area contributed by atoms with Crippen molar-refractivity contribution in [2.24, 2.45) is 0 Å². The van der Waals surface area contributed by atoms with Crippen molar-refractivity contribution in [2.45, 2.75) is 6.92 Å². The standard InChI is InChI=1S/C9H9ClN2O/c1-4-2-5-7(12-4)3-6(11)9(13)8(5)10/h2-3,12-13H,11H2,1H3. The van der Waals surface area contributed by atoms with Gasteiger partial charge in [0.05, 0.1) is 10.7 Å². The normalized spacial score (nSPS) is 10.9. The Balaban J connectivity index is 2.92. The molecule has 0 saturated carbocycles. The summed E-state index contributed by atoms with van der Waals surface area (Å²) in [7, 11) is 0. The molecule has 0 unspecified atom stereocenters. The Morgan fingerprint density at radius 1 is 1.46 bits per heavy atom. The van der Waals surface area contributed by atoms with Gasteiger partial charge in [0.2, 0.25) is 0 Å². The van der Waals surface area contributed by atoms with E-state index >= 15 is 0 Å². The van der Waals surface area contributed by atoms with Crippen molar-refractivity contribution in [1.29, 1.82) is 0 Å². The highest BCUT2D eigenvalue weighted by molar-refractivity contribution is 6.37. The Morgan fingerprint density at radius 2 is 2.15 bits per heavy atom. The minimum Gasteiger partial charge on any atom is -0.504 e. The summed E-state index contributed by atoms with van der Waals surface area (Å²) < 4.78 is 0. The van der Waals surface area contributed by atoms with Gasteiger partial charge in [-0.25, -0.2) is 0 Å². The Kier molecular flexibility index (Phi) is 1.63. The second-order valence-electron chi connectivity index (χ2n) is 3.04. The van der Waals surface area contributed by atoms with Crippen LogP contribution in [-0.4, -0.2) is 10.1 Å². The number of phenolic OH excluding ortho intramolecular Hbond substituents is 1. The topological polar surface area (TPSA) is 62.0 Å². The maximum Gasteiger partial charge on any atom is 0.157 e. The van der Waals surface area contributed by atoms with Crippen LogP contribution in [0.2, 0.25) is 5.02 Å². The van der Waals surface area contributed by atoms with Crippen LogP contribution in [-0.2, 0) is 0 Å². The second-order valence-corrected chi connectivity index (χ2v) is 3.42. The van der Waals surface area contributed by atoms with Crippen molar-refractivity contribution < 1.29 is 5.11 Å². The van der Waals surface area contributed by atoms with E-state index in [0.29, 0.717) is 10.7 Å². The summed E-state index contributed by atoms with van der Waals surface area (Å²) in [4.78, 5) is 3.09.